The molecule has 0 aliphatic heterocycles. The Morgan fingerprint density at radius 3 is 2.18 bits per heavy atom. The quantitative estimate of drug-likeness (QED) is 0.428. The van der Waals surface area contributed by atoms with E-state index in [-0.39, 0.29) is 11.8 Å². The Hall–Kier alpha value is -2.86. The second-order valence-electron chi connectivity index (χ2n) is 8.52. The van der Waals surface area contributed by atoms with Crippen LogP contribution in [0.4, 0.5) is 11.4 Å². The van der Waals surface area contributed by atoms with Crippen molar-refractivity contribution in [1.82, 2.24) is 10.2 Å². The SMILES string of the molecule is CCCCCc1ccc(C(=O)Nc2ccc(N(C)C)c(C(=O)NCCN(CC)CC)c2)cc1. The van der Waals surface area contributed by atoms with E-state index in [1.807, 2.05) is 55.4 Å². The zero-order valence-electron chi connectivity index (χ0n) is 20.9. The third-order valence-corrected chi connectivity index (χ3v) is 5.87. The molecule has 6 heteroatoms. The molecule has 0 aliphatic rings. The van der Waals surface area contributed by atoms with Crippen molar-refractivity contribution in [2.45, 2.75) is 46.5 Å². The number of hydrogen-bond acceptors (Lipinski definition) is 4. The van der Waals surface area contributed by atoms with E-state index in [1.165, 1.54) is 24.8 Å². The van der Waals surface area contributed by atoms with Crippen molar-refractivity contribution < 1.29 is 9.59 Å². The van der Waals surface area contributed by atoms with Gasteiger partial charge in [0.05, 0.1) is 5.56 Å². The van der Waals surface area contributed by atoms with Gasteiger partial charge in [-0.15, -0.1) is 0 Å². The molecule has 0 bridgehead atoms. The van der Waals surface area contributed by atoms with Gasteiger partial charge in [-0.2, -0.15) is 0 Å². The lowest BCUT2D eigenvalue weighted by atomic mass is 10.0. The molecule has 2 N–H and O–H groups in total. The van der Waals surface area contributed by atoms with Crippen LogP contribution in [0, 0.1) is 0 Å². The molecular formula is C27H40N4O2. The average molecular weight is 453 g/mol. The first-order valence-electron chi connectivity index (χ1n) is 12.1. The lowest BCUT2D eigenvalue weighted by molar-refractivity contribution is 0.0948. The van der Waals surface area contributed by atoms with Crippen LogP contribution in [0.15, 0.2) is 42.5 Å². The summed E-state index contributed by atoms with van der Waals surface area (Å²) in [6.07, 6.45) is 4.62. The number of unbranched alkanes of at least 4 members (excludes halogenated alkanes) is 2. The lowest BCUT2D eigenvalue weighted by Crippen LogP contribution is -2.35. The van der Waals surface area contributed by atoms with Crippen LogP contribution in [0.5, 0.6) is 0 Å². The average Bonchev–Trinajstić information content (AvgIpc) is 2.82. The smallest absolute Gasteiger partial charge is 0.255 e. The van der Waals surface area contributed by atoms with E-state index < -0.39 is 0 Å². The third kappa shape index (κ3) is 8.21. The molecular weight excluding hydrogens is 412 g/mol. The summed E-state index contributed by atoms with van der Waals surface area (Å²) in [5.74, 6) is -0.320. The molecule has 0 heterocycles. The van der Waals surface area contributed by atoms with Gasteiger partial charge in [0.25, 0.3) is 11.8 Å². The monoisotopic (exact) mass is 452 g/mol. The van der Waals surface area contributed by atoms with E-state index in [0.29, 0.717) is 23.4 Å². The molecule has 0 unspecified atom stereocenters. The number of rotatable bonds is 13. The van der Waals surface area contributed by atoms with E-state index in [9.17, 15) is 9.59 Å². The summed E-state index contributed by atoms with van der Waals surface area (Å²) in [5.41, 5.74) is 3.81. The highest BCUT2D eigenvalue weighted by molar-refractivity contribution is 6.06. The van der Waals surface area contributed by atoms with Crippen LogP contribution < -0.4 is 15.5 Å². The lowest BCUT2D eigenvalue weighted by Gasteiger charge is -2.20. The van der Waals surface area contributed by atoms with Crippen LogP contribution in [0.3, 0.4) is 0 Å². The Labute approximate surface area is 199 Å². The molecule has 0 spiro atoms. The van der Waals surface area contributed by atoms with E-state index in [4.69, 9.17) is 0 Å². The number of carbonyl (C=O) groups excluding carboxylic acids is 2. The fourth-order valence-corrected chi connectivity index (χ4v) is 3.75. The maximum atomic E-state index is 12.9. The van der Waals surface area contributed by atoms with Crippen LogP contribution >= 0.6 is 0 Å². The molecule has 6 nitrogen and oxygen atoms in total. The topological polar surface area (TPSA) is 64.7 Å². The summed E-state index contributed by atoms with van der Waals surface area (Å²) in [6.45, 7) is 9.71. The second-order valence-corrected chi connectivity index (χ2v) is 8.52. The first kappa shape index (κ1) is 26.4. The van der Waals surface area contributed by atoms with E-state index >= 15 is 0 Å². The normalized spacial score (nSPS) is 10.8. The minimum Gasteiger partial charge on any atom is -0.377 e. The standard InChI is InChI=1S/C27H40N4O2/c1-6-9-10-11-21-12-14-22(15-13-21)26(32)29-23-16-17-25(30(4)5)24(20-23)27(33)28-18-19-31(7-2)8-3/h12-17,20H,6-11,18-19H2,1-5H3,(H,28,33)(H,29,32). The Kier molecular flexibility index (Phi) is 10.9. The highest BCUT2D eigenvalue weighted by atomic mass is 16.2. The molecule has 2 aromatic carbocycles. The molecule has 0 radical (unpaired) electrons. The summed E-state index contributed by atoms with van der Waals surface area (Å²) in [7, 11) is 3.81. The highest BCUT2D eigenvalue weighted by Crippen LogP contribution is 2.23. The number of nitrogens with zero attached hydrogens (tertiary/aromatic N) is 2. The van der Waals surface area contributed by atoms with Gasteiger partial charge >= 0.3 is 0 Å². The van der Waals surface area contributed by atoms with Gasteiger partial charge in [0.1, 0.15) is 0 Å². The maximum Gasteiger partial charge on any atom is 0.255 e. The fraction of sp³-hybridized carbons (Fsp3) is 0.481. The Morgan fingerprint density at radius 2 is 1.58 bits per heavy atom. The van der Waals surface area contributed by atoms with Crippen molar-refractivity contribution in [2.75, 3.05) is 50.5 Å². The van der Waals surface area contributed by atoms with Crippen molar-refractivity contribution >= 4 is 23.2 Å². The predicted molar refractivity (Wildman–Crippen MR) is 139 cm³/mol. The van der Waals surface area contributed by atoms with Crippen molar-refractivity contribution in [3.8, 4) is 0 Å². The van der Waals surface area contributed by atoms with E-state index in [2.05, 4.69) is 36.3 Å². The first-order valence-corrected chi connectivity index (χ1v) is 12.1. The van der Waals surface area contributed by atoms with Crippen LogP contribution in [0.25, 0.3) is 0 Å². The number of amides is 2. The molecule has 2 rings (SSSR count). The van der Waals surface area contributed by atoms with Gasteiger partial charge in [-0.3, -0.25) is 9.59 Å². The van der Waals surface area contributed by atoms with Gasteiger partial charge in [-0.25, -0.2) is 0 Å². The number of carbonyl (C=O) groups is 2. The molecule has 0 fully saturated rings. The third-order valence-electron chi connectivity index (χ3n) is 5.87. The minimum absolute atomic E-state index is 0.140. The molecule has 0 saturated carbocycles. The Balaban J connectivity index is 2.08. The number of likely N-dealkylation sites (N-methyl/N-ethyl adjacent to an activating group) is 1. The molecule has 0 aromatic heterocycles. The van der Waals surface area contributed by atoms with Gasteiger partial charge in [0.2, 0.25) is 0 Å². The molecule has 33 heavy (non-hydrogen) atoms. The van der Waals surface area contributed by atoms with Gasteiger partial charge in [-0.05, 0) is 61.8 Å². The number of anilines is 2. The van der Waals surface area contributed by atoms with E-state index in [0.717, 1.165) is 31.7 Å². The second kappa shape index (κ2) is 13.6. The van der Waals surface area contributed by atoms with Gasteiger partial charge in [-0.1, -0.05) is 45.7 Å². The summed E-state index contributed by atoms with van der Waals surface area (Å²) >= 11 is 0. The predicted octanol–water partition coefficient (Wildman–Crippen LogP) is 4.81. The van der Waals surface area contributed by atoms with Gasteiger partial charge in [0.15, 0.2) is 0 Å². The van der Waals surface area contributed by atoms with Crippen molar-refractivity contribution in [3.05, 3.63) is 59.2 Å². The summed E-state index contributed by atoms with van der Waals surface area (Å²) in [6, 6.07) is 13.2. The van der Waals surface area contributed by atoms with Crippen LogP contribution in [-0.4, -0.2) is 57.0 Å². The highest BCUT2D eigenvalue weighted by Gasteiger charge is 2.15. The summed E-state index contributed by atoms with van der Waals surface area (Å²) in [4.78, 5) is 29.9. The molecule has 2 amide bonds. The number of nitrogens with one attached hydrogen (secondary N) is 2. The van der Waals surface area contributed by atoms with Crippen molar-refractivity contribution in [1.29, 1.82) is 0 Å². The molecule has 180 valence electrons. The van der Waals surface area contributed by atoms with Crippen molar-refractivity contribution in [2.24, 2.45) is 0 Å². The minimum atomic E-state index is -0.180. The largest absolute Gasteiger partial charge is 0.377 e. The van der Waals surface area contributed by atoms with Crippen molar-refractivity contribution in [3.63, 3.8) is 0 Å². The fourth-order valence-electron chi connectivity index (χ4n) is 3.75. The van der Waals surface area contributed by atoms with Gasteiger partial charge < -0.3 is 20.4 Å². The molecule has 0 atom stereocenters. The zero-order chi connectivity index (χ0) is 24.2. The Bertz CT molecular complexity index is 889. The Morgan fingerprint density at radius 1 is 0.879 bits per heavy atom. The zero-order valence-corrected chi connectivity index (χ0v) is 20.9. The number of aryl methyl sites for hydroxylation is 1. The van der Waals surface area contributed by atoms with Crippen LogP contribution in [0.2, 0.25) is 0 Å². The van der Waals surface area contributed by atoms with Crippen LogP contribution in [0.1, 0.15) is 66.3 Å². The van der Waals surface area contributed by atoms with Crippen LogP contribution in [-0.2, 0) is 6.42 Å². The molecule has 2 aromatic rings. The number of hydrogen-bond donors (Lipinski definition) is 2. The van der Waals surface area contributed by atoms with E-state index in [1.54, 1.807) is 6.07 Å². The van der Waals surface area contributed by atoms with Gasteiger partial charge in [0, 0.05) is 44.1 Å². The molecule has 0 aliphatic carbocycles. The number of benzene rings is 2. The summed E-state index contributed by atoms with van der Waals surface area (Å²) in [5, 5.41) is 5.95. The maximum absolute atomic E-state index is 12.9. The first-order chi connectivity index (χ1) is 15.9. The molecule has 0 saturated heterocycles. The summed E-state index contributed by atoms with van der Waals surface area (Å²) < 4.78 is 0.